The Morgan fingerprint density at radius 3 is 2.60 bits per heavy atom. The van der Waals surface area contributed by atoms with Crippen LogP contribution in [0.1, 0.15) is 36.8 Å². The van der Waals surface area contributed by atoms with Crippen molar-refractivity contribution >= 4 is 0 Å². The van der Waals surface area contributed by atoms with Crippen LogP contribution in [-0.4, -0.2) is 23.2 Å². The van der Waals surface area contributed by atoms with E-state index in [1.807, 2.05) is 6.07 Å². The minimum Gasteiger partial charge on any atom is -0.490 e. The summed E-state index contributed by atoms with van der Waals surface area (Å²) >= 11 is 0. The van der Waals surface area contributed by atoms with Gasteiger partial charge in [0.1, 0.15) is 17.9 Å². The fourth-order valence-corrected chi connectivity index (χ4v) is 3.89. The summed E-state index contributed by atoms with van der Waals surface area (Å²) in [6.45, 7) is 0. The Bertz CT molecular complexity index is 868. The van der Waals surface area contributed by atoms with Crippen LogP contribution in [0.3, 0.4) is 0 Å². The van der Waals surface area contributed by atoms with Crippen LogP contribution >= 0.6 is 0 Å². The number of piperidine rings is 1. The van der Waals surface area contributed by atoms with Gasteiger partial charge in [0, 0.05) is 23.8 Å². The van der Waals surface area contributed by atoms with Gasteiger partial charge in [0.05, 0.1) is 22.9 Å². The molecule has 25 heavy (non-hydrogen) atoms. The molecule has 5 nitrogen and oxygen atoms in total. The van der Waals surface area contributed by atoms with E-state index in [9.17, 15) is 10.5 Å². The maximum atomic E-state index is 9.36. The van der Waals surface area contributed by atoms with Gasteiger partial charge in [0.25, 0.3) is 0 Å². The molecule has 0 radical (unpaired) electrons. The van der Waals surface area contributed by atoms with Gasteiger partial charge < -0.3 is 10.1 Å². The van der Waals surface area contributed by atoms with E-state index in [1.165, 1.54) is 12.8 Å². The zero-order valence-electron chi connectivity index (χ0n) is 13.8. The summed E-state index contributed by atoms with van der Waals surface area (Å²) in [4.78, 5) is 4.32. The van der Waals surface area contributed by atoms with Crippen molar-refractivity contribution < 1.29 is 4.74 Å². The third-order valence-corrected chi connectivity index (χ3v) is 4.97. The number of nitriles is 2. The van der Waals surface area contributed by atoms with E-state index < -0.39 is 0 Å². The summed E-state index contributed by atoms with van der Waals surface area (Å²) in [6.07, 6.45) is 6.24. The normalized spacial score (nSPS) is 24.3. The molecule has 2 saturated heterocycles. The molecule has 1 N–H and O–H groups in total. The first-order valence-corrected chi connectivity index (χ1v) is 8.58. The number of fused-ring (bicyclic) bond motifs is 2. The number of benzene rings is 1. The first kappa shape index (κ1) is 15.6. The highest BCUT2D eigenvalue weighted by Gasteiger charge is 2.34. The van der Waals surface area contributed by atoms with Gasteiger partial charge in [0.15, 0.2) is 0 Å². The van der Waals surface area contributed by atoms with E-state index in [4.69, 9.17) is 4.74 Å². The number of ether oxygens (including phenoxy) is 1. The number of nitrogens with one attached hydrogen (secondary N) is 1. The molecule has 5 heteroatoms. The monoisotopic (exact) mass is 330 g/mol. The topological polar surface area (TPSA) is 81.7 Å². The summed E-state index contributed by atoms with van der Waals surface area (Å²) in [7, 11) is 0. The summed E-state index contributed by atoms with van der Waals surface area (Å²) in [5.41, 5.74) is 2.32. The van der Waals surface area contributed by atoms with Crippen molar-refractivity contribution in [3.63, 3.8) is 0 Å². The maximum Gasteiger partial charge on any atom is 0.121 e. The highest BCUT2D eigenvalue weighted by atomic mass is 16.5. The number of rotatable bonds is 3. The van der Waals surface area contributed by atoms with E-state index in [1.54, 1.807) is 30.5 Å². The molecule has 124 valence electrons. The zero-order chi connectivity index (χ0) is 17.2. The van der Waals surface area contributed by atoms with Crippen LogP contribution in [0, 0.1) is 22.7 Å². The molecule has 0 aliphatic carbocycles. The van der Waals surface area contributed by atoms with Gasteiger partial charge in [-0.25, -0.2) is 0 Å². The Labute approximate surface area is 146 Å². The molecule has 2 aliphatic rings. The Morgan fingerprint density at radius 2 is 1.88 bits per heavy atom. The van der Waals surface area contributed by atoms with Gasteiger partial charge in [-0.2, -0.15) is 10.5 Å². The fourth-order valence-electron chi connectivity index (χ4n) is 3.89. The Balaban J connectivity index is 1.65. The van der Waals surface area contributed by atoms with Crippen molar-refractivity contribution in [1.82, 2.24) is 10.3 Å². The molecule has 1 aromatic carbocycles. The maximum absolute atomic E-state index is 9.36. The van der Waals surface area contributed by atoms with Crippen molar-refractivity contribution in [3.8, 4) is 29.1 Å². The highest BCUT2D eigenvalue weighted by Crippen LogP contribution is 2.32. The fraction of sp³-hybridized carbons (Fsp3) is 0.350. The number of pyridine rings is 1. The summed E-state index contributed by atoms with van der Waals surface area (Å²) < 4.78 is 6.21. The second-order valence-electron chi connectivity index (χ2n) is 6.72. The van der Waals surface area contributed by atoms with Crippen LogP contribution in [0.2, 0.25) is 0 Å². The van der Waals surface area contributed by atoms with E-state index in [2.05, 4.69) is 22.4 Å². The predicted molar refractivity (Wildman–Crippen MR) is 92.7 cm³/mol. The smallest absolute Gasteiger partial charge is 0.121 e. The van der Waals surface area contributed by atoms with Gasteiger partial charge >= 0.3 is 0 Å². The molecule has 0 amide bonds. The molecule has 2 aliphatic heterocycles. The Hall–Kier alpha value is -2.89. The van der Waals surface area contributed by atoms with Crippen LogP contribution in [0.5, 0.6) is 5.75 Å². The minimum absolute atomic E-state index is 0.166. The summed E-state index contributed by atoms with van der Waals surface area (Å²) in [5, 5.41) is 22.3. The lowest BCUT2D eigenvalue weighted by atomic mass is 10.0. The molecule has 3 atom stereocenters. The molecule has 3 heterocycles. The number of aromatic nitrogens is 1. The molecular formula is C20H18N4O. The molecule has 2 fully saturated rings. The predicted octanol–water partition coefficient (Wildman–Crippen LogP) is 3.15. The van der Waals surface area contributed by atoms with Crippen LogP contribution in [0.4, 0.5) is 0 Å². The zero-order valence-corrected chi connectivity index (χ0v) is 13.8. The first-order valence-electron chi connectivity index (χ1n) is 8.58. The van der Waals surface area contributed by atoms with Gasteiger partial charge in [-0.1, -0.05) is 0 Å². The molecule has 2 bridgehead atoms. The van der Waals surface area contributed by atoms with E-state index >= 15 is 0 Å². The lowest BCUT2D eigenvalue weighted by molar-refractivity contribution is 0.137. The third-order valence-electron chi connectivity index (χ3n) is 4.97. The van der Waals surface area contributed by atoms with Gasteiger partial charge in [-0.05, 0) is 56.0 Å². The number of hydrogen-bond acceptors (Lipinski definition) is 5. The lowest BCUT2D eigenvalue weighted by Gasteiger charge is -2.29. The molecule has 1 unspecified atom stereocenters. The lowest BCUT2D eigenvalue weighted by Crippen LogP contribution is -2.42. The summed E-state index contributed by atoms with van der Waals surface area (Å²) in [6, 6.07) is 14.3. The second kappa shape index (κ2) is 6.55. The molecular weight excluding hydrogens is 312 g/mol. The summed E-state index contributed by atoms with van der Waals surface area (Å²) in [5.74, 6) is 0.676. The molecule has 1 aromatic heterocycles. The van der Waals surface area contributed by atoms with Gasteiger partial charge in [-0.15, -0.1) is 0 Å². The van der Waals surface area contributed by atoms with E-state index in [0.29, 0.717) is 34.7 Å². The average Bonchev–Trinajstić information content (AvgIpc) is 2.99. The Morgan fingerprint density at radius 1 is 1.08 bits per heavy atom. The van der Waals surface area contributed by atoms with Crippen LogP contribution in [0.15, 0.2) is 36.5 Å². The van der Waals surface area contributed by atoms with E-state index in [0.717, 1.165) is 18.4 Å². The SMILES string of the molecule is N#Cc1cc(OC2C[C@H]3CC[C@@H](C2)N3)cc(-c2ncccc2C#N)c1. The van der Waals surface area contributed by atoms with Crippen LogP contribution in [0.25, 0.3) is 11.3 Å². The molecule has 4 rings (SSSR count). The second-order valence-corrected chi connectivity index (χ2v) is 6.72. The van der Waals surface area contributed by atoms with Crippen molar-refractivity contribution in [2.45, 2.75) is 43.9 Å². The minimum atomic E-state index is 0.166. The Kier molecular flexibility index (Phi) is 4.09. The van der Waals surface area contributed by atoms with Crippen LogP contribution < -0.4 is 10.1 Å². The average molecular weight is 330 g/mol. The van der Waals surface area contributed by atoms with Crippen molar-refractivity contribution in [2.24, 2.45) is 0 Å². The van der Waals surface area contributed by atoms with Crippen molar-refractivity contribution in [2.75, 3.05) is 0 Å². The quantitative estimate of drug-likeness (QED) is 0.935. The van der Waals surface area contributed by atoms with Crippen molar-refractivity contribution in [1.29, 1.82) is 10.5 Å². The largest absolute Gasteiger partial charge is 0.490 e. The number of nitrogens with zero attached hydrogens (tertiary/aromatic N) is 3. The van der Waals surface area contributed by atoms with Crippen molar-refractivity contribution in [3.05, 3.63) is 47.7 Å². The number of hydrogen-bond donors (Lipinski definition) is 1. The third kappa shape index (κ3) is 3.20. The van der Waals surface area contributed by atoms with Gasteiger partial charge in [0.2, 0.25) is 0 Å². The first-order chi connectivity index (χ1) is 12.2. The van der Waals surface area contributed by atoms with Crippen LogP contribution in [-0.2, 0) is 0 Å². The standard InChI is InChI=1S/C20H18N4O/c21-11-13-6-15(20-14(12-22)2-1-5-23-20)8-18(7-13)25-19-9-16-3-4-17(10-19)24-16/h1-2,5-8,16-17,19,24H,3-4,9-10H2/t16-,17+,19?. The van der Waals surface area contributed by atoms with Gasteiger partial charge in [-0.3, -0.25) is 4.98 Å². The van der Waals surface area contributed by atoms with E-state index in [-0.39, 0.29) is 6.10 Å². The molecule has 2 aromatic rings. The molecule has 0 spiro atoms. The highest BCUT2D eigenvalue weighted by molar-refractivity contribution is 5.69. The molecule has 0 saturated carbocycles.